The minimum atomic E-state index is -2.79. The van der Waals surface area contributed by atoms with E-state index in [0.29, 0.717) is 49.6 Å². The number of anilines is 1. The number of alkyl halides is 2. The standard InChI is InChI=1S/C24H41N7O.C22H35N3O2.C21H31F2N3O2.2CH4/c1-20(2)18-31(10-5-9-30-12-14-32-15-13-30)23-7-6-21(16-26-23)24-22(17-27-28-24)19-29(4)11-8-25-3;1-6-7-8-25(4)16-20-15-23-24-22(20)19-12-18(11-17(2)3)13-21(14-19)27-10-9-26-5;1-5-6-7-26(3)15-18-14-24-25-20(18)17-10-16(13-21(2,22)23)11-19(12-17)28-9-8-27-4;;/h6-7,16-17,20,25H,5,8-15,18-19H2,1-4H3,(H,27,28);12-15,17H,6-11,16H2,1-5H3,(H,23,24);10-12,14H,5-9,13,15H2,1-4H3,(H,24,25);2*1H4. The number of rotatable bonds is 37. The number of aromatic amines is 3. The summed E-state index contributed by atoms with van der Waals surface area (Å²) in [6.45, 7) is 29.8. The second kappa shape index (κ2) is 42.3. The van der Waals surface area contributed by atoms with Crippen molar-refractivity contribution in [1.29, 1.82) is 0 Å². The van der Waals surface area contributed by atoms with Gasteiger partial charge in [-0.3, -0.25) is 20.2 Å². The van der Waals surface area contributed by atoms with Crippen molar-refractivity contribution < 1.29 is 32.5 Å². The summed E-state index contributed by atoms with van der Waals surface area (Å²) in [5.41, 5.74) is 11.3. The Hall–Kier alpha value is -5.84. The van der Waals surface area contributed by atoms with Gasteiger partial charge in [0.1, 0.15) is 30.5 Å². The van der Waals surface area contributed by atoms with Crippen LogP contribution in [0.3, 0.4) is 0 Å². The van der Waals surface area contributed by atoms with Crippen LogP contribution in [-0.2, 0) is 46.7 Å². The fraction of sp³-hybridized carbons (Fsp3) is 0.623. The van der Waals surface area contributed by atoms with Gasteiger partial charge >= 0.3 is 0 Å². The molecule has 5 heterocycles. The van der Waals surface area contributed by atoms with Gasteiger partial charge in [-0.2, -0.15) is 15.3 Å². The zero-order valence-corrected chi connectivity index (χ0v) is 55.1. The number of morpholine rings is 1. The van der Waals surface area contributed by atoms with Crippen molar-refractivity contribution in [3.8, 4) is 45.3 Å². The van der Waals surface area contributed by atoms with Gasteiger partial charge in [0, 0.05) is 126 Å². The molecule has 0 atom stereocenters. The third kappa shape index (κ3) is 28.9. The average Bonchev–Trinajstić information content (AvgIpc) is 3.07. The Labute approximate surface area is 534 Å². The Balaban J connectivity index is 0.000000347. The summed E-state index contributed by atoms with van der Waals surface area (Å²) in [4.78, 5) is 16.7. The van der Waals surface area contributed by atoms with Gasteiger partial charge in [0.15, 0.2) is 0 Å². The molecular formula is C69H115F2N13O5. The van der Waals surface area contributed by atoms with Crippen molar-refractivity contribution >= 4 is 5.82 Å². The van der Waals surface area contributed by atoms with Crippen LogP contribution >= 0.6 is 0 Å². The summed E-state index contributed by atoms with van der Waals surface area (Å²) in [6.07, 6.45) is 14.1. The highest BCUT2D eigenvalue weighted by Crippen LogP contribution is 2.32. The molecule has 20 heteroatoms. The summed E-state index contributed by atoms with van der Waals surface area (Å²) in [6, 6.07) is 16.1. The molecule has 4 aromatic heterocycles. The van der Waals surface area contributed by atoms with Crippen molar-refractivity contribution in [2.75, 3.05) is 146 Å². The lowest BCUT2D eigenvalue weighted by atomic mass is 9.98. The highest BCUT2D eigenvalue weighted by molar-refractivity contribution is 5.67. The van der Waals surface area contributed by atoms with Gasteiger partial charge in [0.25, 0.3) is 0 Å². The summed E-state index contributed by atoms with van der Waals surface area (Å²) in [5, 5.41) is 25.4. The fourth-order valence-corrected chi connectivity index (χ4v) is 10.4. The molecule has 0 radical (unpaired) electrons. The van der Waals surface area contributed by atoms with E-state index in [4.69, 9.17) is 28.7 Å². The first-order valence-electron chi connectivity index (χ1n) is 31.6. The smallest absolute Gasteiger partial charge is 0.249 e. The second-order valence-electron chi connectivity index (χ2n) is 24.1. The van der Waals surface area contributed by atoms with Gasteiger partial charge in [-0.15, -0.1) is 0 Å². The Bertz CT molecular complexity index is 2780. The Kier molecular flexibility index (Phi) is 36.8. The van der Waals surface area contributed by atoms with Crippen LogP contribution in [0.25, 0.3) is 33.8 Å². The molecule has 1 aliphatic heterocycles. The Morgan fingerprint density at radius 3 is 1.57 bits per heavy atom. The average molecular weight is 1240 g/mol. The molecule has 89 heavy (non-hydrogen) atoms. The van der Waals surface area contributed by atoms with Gasteiger partial charge in [-0.1, -0.05) is 69.2 Å². The first-order valence-corrected chi connectivity index (χ1v) is 31.6. The number of benzene rings is 2. The molecule has 0 amide bonds. The minimum absolute atomic E-state index is 0. The van der Waals surface area contributed by atoms with Crippen molar-refractivity contribution in [3.63, 3.8) is 0 Å². The lowest BCUT2D eigenvalue weighted by Gasteiger charge is -2.29. The normalized spacial score (nSPS) is 12.7. The number of halogens is 2. The van der Waals surface area contributed by atoms with Crippen molar-refractivity contribution in [1.82, 2.24) is 60.5 Å². The molecule has 1 saturated heterocycles. The third-order valence-electron chi connectivity index (χ3n) is 14.7. The molecule has 0 unspecified atom stereocenters. The van der Waals surface area contributed by atoms with Crippen molar-refractivity contribution in [2.45, 2.75) is 134 Å². The van der Waals surface area contributed by atoms with Gasteiger partial charge < -0.3 is 48.6 Å². The summed E-state index contributed by atoms with van der Waals surface area (Å²) in [5.74, 6) is 0.880. The number of hydrogen-bond acceptors (Lipinski definition) is 15. The minimum Gasteiger partial charge on any atom is -0.491 e. The van der Waals surface area contributed by atoms with Crippen LogP contribution in [-0.4, -0.2) is 202 Å². The van der Waals surface area contributed by atoms with Crippen LogP contribution in [0, 0.1) is 11.8 Å². The third-order valence-corrected chi connectivity index (χ3v) is 14.7. The Morgan fingerprint density at radius 2 is 1.12 bits per heavy atom. The maximum absolute atomic E-state index is 13.6. The molecular weight excluding hydrogens is 1130 g/mol. The Morgan fingerprint density at radius 1 is 0.629 bits per heavy atom. The van der Waals surface area contributed by atoms with Crippen LogP contribution in [0.1, 0.15) is 123 Å². The molecule has 0 saturated carbocycles. The number of methoxy groups -OCH3 is 2. The van der Waals surface area contributed by atoms with Crippen molar-refractivity contribution in [2.24, 2.45) is 11.8 Å². The topological polar surface area (TPSA) is 173 Å². The van der Waals surface area contributed by atoms with Gasteiger partial charge in [-0.05, 0) is 145 Å². The quantitative estimate of drug-likeness (QED) is 0.0271. The van der Waals surface area contributed by atoms with Gasteiger partial charge in [0.2, 0.25) is 5.92 Å². The molecule has 4 N–H and O–H groups in total. The summed E-state index contributed by atoms with van der Waals surface area (Å²) in [7, 11) is 11.6. The van der Waals surface area contributed by atoms with Gasteiger partial charge in [-0.25, -0.2) is 13.8 Å². The molecule has 18 nitrogen and oxygen atoms in total. The molecule has 2 aromatic carbocycles. The highest BCUT2D eigenvalue weighted by atomic mass is 19.3. The molecule has 500 valence electrons. The molecule has 7 rings (SSSR count). The summed E-state index contributed by atoms with van der Waals surface area (Å²) >= 11 is 0. The number of unbranched alkanes of at least 4 members (excludes halogenated alkanes) is 2. The zero-order chi connectivity index (χ0) is 63.0. The molecule has 0 aliphatic carbocycles. The van der Waals surface area contributed by atoms with Crippen LogP contribution in [0.4, 0.5) is 14.6 Å². The SMILES string of the molecule is C.C.CCCCN(C)Cc1cn[nH]c1-c1cc(CC(C)(F)F)cc(OCCOC)c1.CCCCN(C)Cc1cn[nH]c1-c1cc(CC(C)C)cc(OCCOC)c1.CNCCN(C)Cc1cn[nH]c1-c1ccc(N(CCCN2CCOCC2)CC(C)C)nc1. The molecule has 1 fully saturated rings. The lowest BCUT2D eigenvalue weighted by molar-refractivity contribution is 0.0226. The predicted octanol–water partition coefficient (Wildman–Crippen LogP) is 12.6. The number of ether oxygens (including phenoxy) is 5. The van der Waals surface area contributed by atoms with Crippen LogP contribution < -0.4 is 19.7 Å². The van der Waals surface area contributed by atoms with E-state index in [2.05, 4.69) is 153 Å². The molecule has 0 spiro atoms. The maximum Gasteiger partial charge on any atom is 0.249 e. The number of nitrogens with zero attached hydrogens (tertiary/aromatic N) is 9. The van der Waals surface area contributed by atoms with Crippen LogP contribution in [0.15, 0.2) is 73.3 Å². The van der Waals surface area contributed by atoms with E-state index in [0.717, 1.165) is 175 Å². The van der Waals surface area contributed by atoms with E-state index >= 15 is 0 Å². The number of likely N-dealkylation sites (N-methyl/N-ethyl adjacent to an activating group) is 2. The van der Waals surface area contributed by atoms with Crippen LogP contribution in [0.2, 0.25) is 0 Å². The van der Waals surface area contributed by atoms with E-state index < -0.39 is 5.92 Å². The lowest BCUT2D eigenvalue weighted by Crippen LogP contribution is -2.38. The maximum atomic E-state index is 13.6. The largest absolute Gasteiger partial charge is 0.491 e. The molecule has 1 aliphatic rings. The number of hydrogen-bond donors (Lipinski definition) is 4. The highest BCUT2D eigenvalue weighted by Gasteiger charge is 2.24. The van der Waals surface area contributed by atoms with E-state index in [9.17, 15) is 8.78 Å². The first-order chi connectivity index (χ1) is 41.9. The fourth-order valence-electron chi connectivity index (χ4n) is 10.4. The van der Waals surface area contributed by atoms with E-state index in [1.807, 2.05) is 31.7 Å². The van der Waals surface area contributed by atoms with E-state index in [-0.39, 0.29) is 21.3 Å². The van der Waals surface area contributed by atoms with Crippen molar-refractivity contribution in [3.05, 3.63) is 101 Å². The predicted molar refractivity (Wildman–Crippen MR) is 363 cm³/mol. The first kappa shape index (κ1) is 77.4. The van der Waals surface area contributed by atoms with Gasteiger partial charge in [0.05, 0.1) is 62.1 Å². The zero-order valence-electron chi connectivity index (χ0n) is 55.1. The van der Waals surface area contributed by atoms with Crippen LogP contribution in [0.5, 0.6) is 11.5 Å². The molecule has 0 bridgehead atoms. The summed E-state index contributed by atoms with van der Waals surface area (Å²) < 4.78 is 54.4. The molecule has 6 aromatic rings. The number of aromatic nitrogens is 7. The number of nitrogens with one attached hydrogen (secondary N) is 4. The monoisotopic (exact) mass is 1240 g/mol. The second-order valence-corrected chi connectivity index (χ2v) is 24.1. The number of H-pyrrole nitrogens is 3. The number of pyridine rings is 1. The van der Waals surface area contributed by atoms with E-state index in [1.165, 1.54) is 29.5 Å². The van der Waals surface area contributed by atoms with E-state index in [1.54, 1.807) is 32.5 Å².